The van der Waals surface area contributed by atoms with E-state index in [9.17, 15) is 18.0 Å². The van der Waals surface area contributed by atoms with E-state index in [1.165, 1.54) is 28.8 Å². The van der Waals surface area contributed by atoms with Crippen LogP contribution in [-0.2, 0) is 19.6 Å². The normalized spacial score (nSPS) is 18.9. The molecule has 0 amide bonds. The molecule has 162 valence electrons. The second-order valence-electron chi connectivity index (χ2n) is 6.37. The zero-order valence-electron chi connectivity index (χ0n) is 16.0. The third kappa shape index (κ3) is 4.46. The van der Waals surface area contributed by atoms with Gasteiger partial charge in [-0.25, -0.2) is 9.78 Å². The van der Waals surface area contributed by atoms with Gasteiger partial charge in [-0.2, -0.15) is 8.42 Å². The Hall–Kier alpha value is -1.76. The molecule has 1 aromatic heterocycles. The smallest absolute Gasteiger partial charge is 0.360 e. The molecule has 30 heavy (non-hydrogen) atoms. The Kier molecular flexibility index (Phi) is 7.00. The van der Waals surface area contributed by atoms with Crippen molar-refractivity contribution in [2.75, 3.05) is 20.3 Å². The van der Waals surface area contributed by atoms with Gasteiger partial charge in [0.05, 0.1) is 31.2 Å². The first kappa shape index (κ1) is 22.9. The van der Waals surface area contributed by atoms with Gasteiger partial charge in [0, 0.05) is 4.47 Å². The lowest BCUT2D eigenvalue weighted by Gasteiger charge is -2.20. The van der Waals surface area contributed by atoms with Gasteiger partial charge in [-0.15, -0.1) is 0 Å². The maximum absolute atomic E-state index is 13.3. The molecule has 0 saturated heterocycles. The Morgan fingerprint density at radius 3 is 2.57 bits per heavy atom. The van der Waals surface area contributed by atoms with Crippen LogP contribution in [0.2, 0.25) is 0 Å². The average Bonchev–Trinajstić information content (AvgIpc) is 2.88. The maximum Gasteiger partial charge on any atom is 0.360 e. The van der Waals surface area contributed by atoms with Crippen LogP contribution in [0.4, 0.5) is 0 Å². The van der Waals surface area contributed by atoms with Gasteiger partial charge in [-0.1, -0.05) is 38.8 Å². The molecule has 2 atom stereocenters. The number of aromatic nitrogens is 2. The SMILES string of the molecule is CC[C@H]1COC[C@H](Br)c2nc(C(=O)OC)c(OS(=O)(=O)c3ccc(Br)cc3)c(=O)n21. The number of ether oxygens (including phenoxy) is 2. The standard InChI is InChI=1S/C18H18Br2N2O7S/c1-3-11-8-28-9-13(20)16-21-14(18(24)27-2)15(17(23)22(11)16)29-30(25,26)12-6-4-10(19)5-7-12/h4-7,11,13H,3,8-9H2,1-2H3/t11-,13-/m0/s1. The summed E-state index contributed by atoms with van der Waals surface area (Å²) in [4.78, 5) is 29.2. The summed E-state index contributed by atoms with van der Waals surface area (Å²) < 4.78 is 43.0. The number of nitrogens with zero attached hydrogens (tertiary/aromatic N) is 2. The molecule has 0 spiro atoms. The van der Waals surface area contributed by atoms with Crippen molar-refractivity contribution in [1.29, 1.82) is 0 Å². The van der Waals surface area contributed by atoms with Crippen LogP contribution in [0.15, 0.2) is 38.4 Å². The lowest BCUT2D eigenvalue weighted by molar-refractivity contribution is 0.0590. The summed E-state index contributed by atoms with van der Waals surface area (Å²) in [5.41, 5.74) is -1.32. The summed E-state index contributed by atoms with van der Waals surface area (Å²) in [5, 5.41) is 0. The fourth-order valence-electron chi connectivity index (χ4n) is 2.93. The number of carbonyl (C=O) groups is 1. The fourth-order valence-corrected chi connectivity index (χ4v) is 4.64. The highest BCUT2D eigenvalue weighted by molar-refractivity contribution is 9.10. The number of rotatable bonds is 5. The van der Waals surface area contributed by atoms with Gasteiger partial charge in [-0.3, -0.25) is 9.36 Å². The van der Waals surface area contributed by atoms with Crippen LogP contribution in [0.25, 0.3) is 0 Å². The summed E-state index contributed by atoms with van der Waals surface area (Å²) in [6.07, 6.45) is 0.519. The van der Waals surface area contributed by atoms with Crippen LogP contribution in [0.1, 0.15) is 40.5 Å². The van der Waals surface area contributed by atoms with Gasteiger partial charge < -0.3 is 13.7 Å². The van der Waals surface area contributed by atoms with Crippen LogP contribution < -0.4 is 9.74 Å². The van der Waals surface area contributed by atoms with E-state index in [1.54, 1.807) is 0 Å². The molecule has 12 heteroatoms. The van der Waals surface area contributed by atoms with Gasteiger partial charge in [0.25, 0.3) is 5.56 Å². The van der Waals surface area contributed by atoms with Gasteiger partial charge in [0.15, 0.2) is 5.69 Å². The molecule has 0 radical (unpaired) electrons. The van der Waals surface area contributed by atoms with Crippen molar-refractivity contribution >= 4 is 47.9 Å². The van der Waals surface area contributed by atoms with Gasteiger partial charge >= 0.3 is 16.1 Å². The van der Waals surface area contributed by atoms with E-state index in [-0.39, 0.29) is 23.9 Å². The molecule has 0 unspecified atom stereocenters. The molecule has 0 aliphatic carbocycles. The summed E-state index contributed by atoms with van der Waals surface area (Å²) in [5.74, 6) is -1.47. The van der Waals surface area contributed by atoms with E-state index in [2.05, 4.69) is 36.8 Å². The van der Waals surface area contributed by atoms with Crippen molar-refractivity contribution in [3.63, 3.8) is 0 Å². The Morgan fingerprint density at radius 1 is 1.30 bits per heavy atom. The third-order valence-electron chi connectivity index (χ3n) is 4.47. The van der Waals surface area contributed by atoms with Gasteiger partial charge in [0.2, 0.25) is 5.75 Å². The fraction of sp³-hybridized carbons (Fsp3) is 0.389. The highest BCUT2D eigenvalue weighted by atomic mass is 79.9. The minimum Gasteiger partial charge on any atom is -0.464 e. The van der Waals surface area contributed by atoms with Gasteiger partial charge in [-0.05, 0) is 30.7 Å². The van der Waals surface area contributed by atoms with E-state index in [0.717, 1.165) is 7.11 Å². The number of carbonyl (C=O) groups excluding carboxylic acids is 1. The molecular weight excluding hydrogens is 548 g/mol. The van der Waals surface area contributed by atoms with Crippen molar-refractivity contribution in [1.82, 2.24) is 9.55 Å². The zero-order valence-corrected chi connectivity index (χ0v) is 20.0. The minimum atomic E-state index is -4.42. The highest BCUT2D eigenvalue weighted by Gasteiger charge is 2.33. The summed E-state index contributed by atoms with van der Waals surface area (Å²) in [6.45, 7) is 2.30. The lowest BCUT2D eigenvalue weighted by Crippen LogP contribution is -2.34. The minimum absolute atomic E-state index is 0.186. The first-order chi connectivity index (χ1) is 14.2. The number of hydrogen-bond donors (Lipinski definition) is 0. The molecule has 0 N–H and O–H groups in total. The number of hydrogen-bond acceptors (Lipinski definition) is 8. The molecule has 1 aliphatic heterocycles. The lowest BCUT2D eigenvalue weighted by atomic mass is 10.2. The first-order valence-electron chi connectivity index (χ1n) is 8.86. The van der Waals surface area contributed by atoms with Crippen molar-refractivity contribution in [2.45, 2.75) is 29.1 Å². The Morgan fingerprint density at radius 2 is 1.97 bits per heavy atom. The molecule has 2 heterocycles. The van der Waals surface area contributed by atoms with Crippen molar-refractivity contribution in [3.05, 3.63) is 50.6 Å². The Labute approximate surface area is 189 Å². The number of benzene rings is 1. The van der Waals surface area contributed by atoms with E-state index in [4.69, 9.17) is 13.7 Å². The average molecular weight is 566 g/mol. The number of methoxy groups -OCH3 is 1. The van der Waals surface area contributed by atoms with E-state index in [0.29, 0.717) is 10.9 Å². The maximum atomic E-state index is 13.3. The van der Waals surface area contributed by atoms with Crippen LogP contribution in [0, 0.1) is 0 Å². The van der Waals surface area contributed by atoms with E-state index >= 15 is 0 Å². The highest BCUT2D eigenvalue weighted by Crippen LogP contribution is 2.30. The first-order valence-corrected chi connectivity index (χ1v) is 12.0. The topological polar surface area (TPSA) is 114 Å². The summed E-state index contributed by atoms with van der Waals surface area (Å²) in [7, 11) is -3.31. The second-order valence-corrected chi connectivity index (χ2v) is 9.94. The summed E-state index contributed by atoms with van der Waals surface area (Å²) >= 11 is 6.62. The molecule has 0 fully saturated rings. The Bertz CT molecular complexity index is 1120. The van der Waals surface area contributed by atoms with Gasteiger partial charge in [0.1, 0.15) is 10.7 Å². The number of esters is 1. The van der Waals surface area contributed by atoms with Crippen molar-refractivity contribution in [3.8, 4) is 5.75 Å². The molecule has 0 saturated carbocycles. The van der Waals surface area contributed by atoms with E-state index in [1.807, 2.05) is 6.92 Å². The number of fused-ring (bicyclic) bond motifs is 1. The quantitative estimate of drug-likeness (QED) is 0.309. The summed E-state index contributed by atoms with van der Waals surface area (Å²) in [6, 6.07) is 5.23. The molecule has 9 nitrogen and oxygen atoms in total. The zero-order chi connectivity index (χ0) is 22.1. The molecule has 3 rings (SSSR count). The predicted octanol–water partition coefficient (Wildman–Crippen LogP) is 2.98. The van der Waals surface area contributed by atoms with Crippen LogP contribution in [-0.4, -0.2) is 44.3 Å². The van der Waals surface area contributed by atoms with Crippen LogP contribution >= 0.6 is 31.9 Å². The molecule has 1 aliphatic rings. The largest absolute Gasteiger partial charge is 0.464 e. The molecule has 0 bridgehead atoms. The van der Waals surface area contributed by atoms with E-state index < -0.39 is 44.0 Å². The third-order valence-corrected chi connectivity index (χ3v) is 6.90. The number of halogens is 2. The number of alkyl halides is 1. The van der Waals surface area contributed by atoms with Crippen LogP contribution in [0.3, 0.4) is 0 Å². The molecular formula is C18H18Br2N2O7S. The molecule has 2 aromatic rings. The predicted molar refractivity (Wildman–Crippen MR) is 114 cm³/mol. The molecule has 1 aromatic carbocycles. The Balaban J connectivity index is 2.22. The monoisotopic (exact) mass is 564 g/mol. The van der Waals surface area contributed by atoms with Crippen molar-refractivity contribution < 1.29 is 26.9 Å². The van der Waals surface area contributed by atoms with Crippen LogP contribution in [0.5, 0.6) is 5.75 Å². The second kappa shape index (κ2) is 9.16. The van der Waals surface area contributed by atoms with Crippen molar-refractivity contribution in [2.24, 2.45) is 0 Å².